The number of halogens is 1. The molecule has 0 fully saturated rings. The summed E-state index contributed by atoms with van der Waals surface area (Å²) in [6.45, 7) is 2.03. The number of rotatable bonds is 4. The summed E-state index contributed by atoms with van der Waals surface area (Å²) in [5, 5.41) is 13.4. The van der Waals surface area contributed by atoms with Crippen molar-refractivity contribution in [3.8, 4) is 0 Å². The maximum absolute atomic E-state index is 13.0. The van der Waals surface area contributed by atoms with Gasteiger partial charge in [0.05, 0.1) is 11.1 Å². The Bertz CT molecular complexity index is 858. The van der Waals surface area contributed by atoms with Gasteiger partial charge in [0.2, 0.25) is 4.77 Å². The van der Waals surface area contributed by atoms with Gasteiger partial charge in [0.15, 0.2) is 5.82 Å². The Labute approximate surface area is 135 Å². The number of aromatic amines is 1. The molecule has 7 heteroatoms. The molecule has 0 saturated carbocycles. The first-order valence-electron chi connectivity index (χ1n) is 6.62. The third kappa shape index (κ3) is 3.20. The minimum Gasteiger partial charge on any atom is -0.250 e. The fourth-order valence-corrected chi connectivity index (χ4v) is 2.95. The second-order valence-corrected chi connectivity index (χ2v) is 6.11. The molecule has 0 spiro atoms. The minimum atomic E-state index is -0.256. The average molecular weight is 332 g/mol. The molecule has 0 aliphatic heterocycles. The van der Waals surface area contributed by atoms with Crippen molar-refractivity contribution in [1.29, 1.82) is 0 Å². The predicted octanol–water partition coefficient (Wildman–Crippen LogP) is 3.92. The molecule has 3 rings (SSSR count). The van der Waals surface area contributed by atoms with Gasteiger partial charge in [-0.1, -0.05) is 12.1 Å². The number of aryl methyl sites for hydroxylation is 1. The number of thiophene rings is 1. The van der Waals surface area contributed by atoms with E-state index in [-0.39, 0.29) is 5.82 Å². The Hall–Kier alpha value is -2.12. The lowest BCUT2D eigenvalue weighted by atomic mass is 10.1. The van der Waals surface area contributed by atoms with Gasteiger partial charge in [0.1, 0.15) is 5.82 Å². The van der Waals surface area contributed by atoms with Crippen LogP contribution in [0.3, 0.4) is 0 Å². The maximum Gasteiger partial charge on any atom is 0.216 e. The molecule has 0 aliphatic rings. The Morgan fingerprint density at radius 3 is 2.82 bits per heavy atom. The molecule has 0 aliphatic carbocycles. The zero-order chi connectivity index (χ0) is 15.5. The van der Waals surface area contributed by atoms with Gasteiger partial charge in [-0.25, -0.2) is 4.39 Å². The average Bonchev–Trinajstić information content (AvgIpc) is 3.06. The lowest BCUT2D eigenvalue weighted by Crippen LogP contribution is -2.00. The van der Waals surface area contributed by atoms with Gasteiger partial charge in [-0.15, -0.1) is 11.3 Å². The predicted molar refractivity (Wildman–Crippen MR) is 88.7 cm³/mol. The lowest BCUT2D eigenvalue weighted by Gasteiger charge is -2.01. The zero-order valence-electron chi connectivity index (χ0n) is 11.8. The van der Waals surface area contributed by atoms with Crippen LogP contribution in [0, 0.1) is 17.5 Å². The third-order valence-corrected chi connectivity index (χ3v) is 4.40. The van der Waals surface area contributed by atoms with Crippen LogP contribution < -0.4 is 0 Å². The maximum atomic E-state index is 13.0. The molecule has 0 unspecified atom stereocenters. The van der Waals surface area contributed by atoms with Gasteiger partial charge in [0, 0.05) is 6.42 Å². The van der Waals surface area contributed by atoms with Crippen LogP contribution in [-0.4, -0.2) is 21.1 Å². The summed E-state index contributed by atoms with van der Waals surface area (Å²) < 4.78 is 15.0. The number of nitrogens with zero attached hydrogens (tertiary/aromatic N) is 3. The van der Waals surface area contributed by atoms with E-state index in [0.717, 1.165) is 10.4 Å². The minimum absolute atomic E-state index is 0.256. The Kier molecular flexibility index (Phi) is 4.26. The molecule has 2 aromatic heterocycles. The molecule has 3 aromatic rings. The van der Waals surface area contributed by atoms with Crippen molar-refractivity contribution in [1.82, 2.24) is 14.9 Å². The number of H-pyrrole nitrogens is 1. The molecule has 1 N–H and O–H groups in total. The van der Waals surface area contributed by atoms with Crippen LogP contribution in [-0.2, 0) is 6.42 Å². The summed E-state index contributed by atoms with van der Waals surface area (Å²) in [5.41, 5.74) is 2.11. The molecule has 4 nitrogen and oxygen atoms in total. The molecule has 1 aromatic carbocycles. The zero-order valence-corrected chi connectivity index (χ0v) is 13.4. The smallest absolute Gasteiger partial charge is 0.216 e. The molecule has 0 saturated heterocycles. The van der Waals surface area contributed by atoms with E-state index in [1.807, 2.05) is 18.4 Å². The summed E-state index contributed by atoms with van der Waals surface area (Å²) in [5.74, 6) is 0.427. The summed E-state index contributed by atoms with van der Waals surface area (Å²) in [6, 6.07) is 8.35. The number of aromatic nitrogens is 3. The molecule has 0 atom stereocenters. The fourth-order valence-electron chi connectivity index (χ4n) is 1.97. The van der Waals surface area contributed by atoms with E-state index >= 15 is 0 Å². The van der Waals surface area contributed by atoms with E-state index in [0.29, 0.717) is 17.0 Å². The van der Waals surface area contributed by atoms with Crippen LogP contribution in [0.1, 0.15) is 21.8 Å². The molecule has 0 radical (unpaired) electrons. The van der Waals surface area contributed by atoms with Crippen molar-refractivity contribution in [2.75, 3.05) is 0 Å². The van der Waals surface area contributed by atoms with E-state index in [1.165, 1.54) is 17.7 Å². The van der Waals surface area contributed by atoms with Crippen LogP contribution in [0.4, 0.5) is 4.39 Å². The Morgan fingerprint density at radius 1 is 1.36 bits per heavy atom. The van der Waals surface area contributed by atoms with Crippen molar-refractivity contribution in [3.63, 3.8) is 0 Å². The largest absolute Gasteiger partial charge is 0.250 e. The molecular formula is C15H13FN4S2. The summed E-state index contributed by atoms with van der Waals surface area (Å²) in [6.07, 6.45) is 2.30. The fraction of sp³-hybridized carbons (Fsp3) is 0.133. The Morgan fingerprint density at radius 2 is 2.14 bits per heavy atom. The number of nitrogens with one attached hydrogen (secondary N) is 1. The summed E-state index contributed by atoms with van der Waals surface area (Å²) in [4.78, 5) is 1.08. The van der Waals surface area contributed by atoms with E-state index in [4.69, 9.17) is 12.2 Å². The monoisotopic (exact) mass is 332 g/mol. The highest BCUT2D eigenvalue weighted by molar-refractivity contribution is 7.71. The van der Waals surface area contributed by atoms with Gasteiger partial charge >= 0.3 is 0 Å². The first-order chi connectivity index (χ1) is 10.6. The molecule has 22 heavy (non-hydrogen) atoms. The van der Waals surface area contributed by atoms with Gasteiger partial charge in [-0.05, 0) is 53.8 Å². The van der Waals surface area contributed by atoms with Crippen LogP contribution in [0.2, 0.25) is 0 Å². The normalized spacial score (nSPS) is 11.4. The van der Waals surface area contributed by atoms with Crippen LogP contribution in [0.5, 0.6) is 0 Å². The first kappa shape index (κ1) is 14.8. The van der Waals surface area contributed by atoms with Crippen molar-refractivity contribution in [3.05, 3.63) is 68.1 Å². The van der Waals surface area contributed by atoms with Crippen molar-refractivity contribution >= 4 is 29.8 Å². The Balaban J connectivity index is 1.88. The number of benzene rings is 1. The van der Waals surface area contributed by atoms with E-state index in [9.17, 15) is 4.39 Å². The molecule has 2 heterocycles. The van der Waals surface area contributed by atoms with Crippen molar-refractivity contribution in [2.24, 2.45) is 5.10 Å². The van der Waals surface area contributed by atoms with Crippen LogP contribution in [0.15, 0.2) is 40.8 Å². The third-order valence-electron chi connectivity index (χ3n) is 3.19. The van der Waals surface area contributed by atoms with Gasteiger partial charge in [-0.2, -0.15) is 14.9 Å². The van der Waals surface area contributed by atoms with Crippen LogP contribution in [0.25, 0.3) is 0 Å². The second-order valence-electron chi connectivity index (χ2n) is 4.77. The standard InChI is InChI=1S/C15H13FN4S2/c1-10-6-7-22-13(10)9-17-20-14(18-19-15(20)21)8-11-2-4-12(16)5-3-11/h2-7,9H,8H2,1H3,(H,19,21)/b17-9-. The van der Waals surface area contributed by atoms with E-state index in [1.54, 1.807) is 34.4 Å². The highest BCUT2D eigenvalue weighted by atomic mass is 32.1. The van der Waals surface area contributed by atoms with Gasteiger partial charge in [0.25, 0.3) is 0 Å². The van der Waals surface area contributed by atoms with Crippen molar-refractivity contribution in [2.45, 2.75) is 13.3 Å². The van der Waals surface area contributed by atoms with E-state index < -0.39 is 0 Å². The van der Waals surface area contributed by atoms with Gasteiger partial charge < -0.3 is 0 Å². The number of hydrogen-bond acceptors (Lipinski definition) is 4. The van der Waals surface area contributed by atoms with Gasteiger partial charge in [-0.3, -0.25) is 5.10 Å². The highest BCUT2D eigenvalue weighted by Gasteiger charge is 2.07. The summed E-state index contributed by atoms with van der Waals surface area (Å²) in [7, 11) is 0. The quantitative estimate of drug-likeness (QED) is 0.581. The molecule has 0 amide bonds. The molecule has 0 bridgehead atoms. The number of hydrogen-bond donors (Lipinski definition) is 1. The molecule has 112 valence electrons. The van der Waals surface area contributed by atoms with Crippen molar-refractivity contribution < 1.29 is 4.39 Å². The SMILES string of the molecule is Cc1ccsc1/C=N\n1c(Cc2ccc(F)cc2)n[nH]c1=S. The first-order valence-corrected chi connectivity index (χ1v) is 7.91. The summed E-state index contributed by atoms with van der Waals surface area (Å²) >= 11 is 6.83. The second kappa shape index (κ2) is 6.33. The van der Waals surface area contributed by atoms with Crippen LogP contribution >= 0.6 is 23.6 Å². The lowest BCUT2D eigenvalue weighted by molar-refractivity contribution is 0.627. The highest BCUT2D eigenvalue weighted by Crippen LogP contribution is 2.13. The molecular weight excluding hydrogens is 319 g/mol. The van der Waals surface area contributed by atoms with E-state index in [2.05, 4.69) is 15.3 Å². The topological polar surface area (TPSA) is 46.0 Å².